The molecule has 2 heterocycles. The molecule has 1 aliphatic heterocycles. The van der Waals surface area contributed by atoms with Crippen LogP contribution < -0.4 is 0 Å². The van der Waals surface area contributed by atoms with E-state index in [4.69, 9.17) is 0 Å². The molecule has 2 rings (SSSR count). The van der Waals surface area contributed by atoms with Crippen molar-refractivity contribution in [3.63, 3.8) is 0 Å². The molecular formula is C13H20N2O. The van der Waals surface area contributed by atoms with Crippen LogP contribution in [0.3, 0.4) is 0 Å². The van der Waals surface area contributed by atoms with Gasteiger partial charge in [-0.25, -0.2) is 0 Å². The van der Waals surface area contributed by atoms with E-state index < -0.39 is 0 Å². The Hall–Kier alpha value is -1.09. The molecule has 0 atom stereocenters. The Kier molecular flexibility index (Phi) is 3.44. The summed E-state index contributed by atoms with van der Waals surface area (Å²) in [5.74, 6) is 0.253. The molecule has 0 amide bonds. The Morgan fingerprint density at radius 1 is 1.31 bits per heavy atom. The molecular weight excluding hydrogens is 200 g/mol. The largest absolute Gasteiger partial charge is 0.362 e. The van der Waals surface area contributed by atoms with Crippen molar-refractivity contribution in [2.75, 3.05) is 19.6 Å². The second-order valence-electron chi connectivity index (χ2n) is 4.75. The quantitative estimate of drug-likeness (QED) is 0.793. The molecule has 0 aliphatic carbocycles. The molecule has 1 fully saturated rings. The van der Waals surface area contributed by atoms with Crippen LogP contribution in [-0.2, 0) is 0 Å². The van der Waals surface area contributed by atoms with Gasteiger partial charge in [-0.3, -0.25) is 9.69 Å². The second kappa shape index (κ2) is 4.83. The van der Waals surface area contributed by atoms with Crippen molar-refractivity contribution in [3.8, 4) is 0 Å². The first kappa shape index (κ1) is 11.4. The van der Waals surface area contributed by atoms with Crippen LogP contribution in [0.15, 0.2) is 6.07 Å². The molecule has 0 aromatic carbocycles. The van der Waals surface area contributed by atoms with E-state index in [-0.39, 0.29) is 5.78 Å². The third-order valence-corrected chi connectivity index (χ3v) is 3.27. The van der Waals surface area contributed by atoms with Crippen LogP contribution in [0.4, 0.5) is 0 Å². The number of aromatic nitrogens is 1. The fraction of sp³-hybridized carbons (Fsp3) is 0.615. The number of aryl methyl sites for hydroxylation is 2. The molecule has 0 radical (unpaired) electrons. The summed E-state index contributed by atoms with van der Waals surface area (Å²) in [7, 11) is 0. The van der Waals surface area contributed by atoms with Crippen molar-refractivity contribution < 1.29 is 4.79 Å². The van der Waals surface area contributed by atoms with Crippen LogP contribution in [0.1, 0.15) is 41.0 Å². The molecule has 1 aromatic rings. The van der Waals surface area contributed by atoms with Crippen LogP contribution in [0.2, 0.25) is 0 Å². The third-order valence-electron chi connectivity index (χ3n) is 3.27. The molecule has 1 aliphatic rings. The van der Waals surface area contributed by atoms with Crippen molar-refractivity contribution in [1.29, 1.82) is 0 Å². The third kappa shape index (κ3) is 2.53. The molecule has 1 aromatic heterocycles. The minimum atomic E-state index is 0.253. The molecule has 0 unspecified atom stereocenters. The minimum absolute atomic E-state index is 0.253. The lowest BCUT2D eigenvalue weighted by atomic mass is 10.1. The van der Waals surface area contributed by atoms with Gasteiger partial charge < -0.3 is 4.98 Å². The predicted octanol–water partition coefficient (Wildman–Crippen LogP) is 2.30. The zero-order chi connectivity index (χ0) is 11.5. The number of piperidine rings is 1. The maximum atomic E-state index is 12.1. The van der Waals surface area contributed by atoms with Gasteiger partial charge in [0.2, 0.25) is 0 Å². The summed E-state index contributed by atoms with van der Waals surface area (Å²) in [4.78, 5) is 17.5. The number of ketones is 1. The van der Waals surface area contributed by atoms with Crippen molar-refractivity contribution >= 4 is 5.78 Å². The molecule has 3 nitrogen and oxygen atoms in total. The fourth-order valence-electron chi connectivity index (χ4n) is 2.42. The number of carbonyl (C=O) groups is 1. The Morgan fingerprint density at radius 2 is 2.00 bits per heavy atom. The highest BCUT2D eigenvalue weighted by molar-refractivity contribution is 5.98. The first-order valence-corrected chi connectivity index (χ1v) is 6.08. The number of Topliss-reactive ketones (excluding diaryl/α,β-unsaturated/α-hetero) is 1. The van der Waals surface area contributed by atoms with E-state index in [1.165, 1.54) is 19.3 Å². The van der Waals surface area contributed by atoms with Crippen molar-refractivity contribution in [2.24, 2.45) is 0 Å². The summed E-state index contributed by atoms with van der Waals surface area (Å²) in [5, 5.41) is 0. The molecule has 1 N–H and O–H groups in total. The van der Waals surface area contributed by atoms with E-state index in [1.54, 1.807) is 0 Å². The maximum absolute atomic E-state index is 12.1. The number of H-pyrrole nitrogens is 1. The van der Waals surface area contributed by atoms with E-state index in [0.29, 0.717) is 6.54 Å². The van der Waals surface area contributed by atoms with Crippen LogP contribution in [0.25, 0.3) is 0 Å². The second-order valence-corrected chi connectivity index (χ2v) is 4.75. The normalized spacial score (nSPS) is 17.6. The van der Waals surface area contributed by atoms with Crippen LogP contribution in [0.5, 0.6) is 0 Å². The summed E-state index contributed by atoms with van der Waals surface area (Å²) in [5.41, 5.74) is 2.93. The molecule has 0 saturated carbocycles. The van der Waals surface area contributed by atoms with Gasteiger partial charge in [0, 0.05) is 17.0 Å². The molecule has 0 spiro atoms. The van der Waals surface area contributed by atoms with Gasteiger partial charge >= 0.3 is 0 Å². The number of aromatic amines is 1. The lowest BCUT2D eigenvalue weighted by Gasteiger charge is -2.25. The number of likely N-dealkylation sites (tertiary alicyclic amines) is 1. The summed E-state index contributed by atoms with van der Waals surface area (Å²) in [6, 6.07) is 1.96. The molecule has 0 bridgehead atoms. The molecule has 1 saturated heterocycles. The Labute approximate surface area is 96.8 Å². The van der Waals surface area contributed by atoms with Crippen molar-refractivity contribution in [2.45, 2.75) is 33.1 Å². The number of carbonyl (C=O) groups excluding carboxylic acids is 1. The predicted molar refractivity (Wildman–Crippen MR) is 64.9 cm³/mol. The summed E-state index contributed by atoms with van der Waals surface area (Å²) in [6.45, 7) is 6.70. The first-order valence-electron chi connectivity index (χ1n) is 6.08. The van der Waals surface area contributed by atoms with Crippen LogP contribution in [-0.4, -0.2) is 35.3 Å². The summed E-state index contributed by atoms with van der Waals surface area (Å²) >= 11 is 0. The van der Waals surface area contributed by atoms with E-state index >= 15 is 0 Å². The Balaban J connectivity index is 1.99. The van der Waals surface area contributed by atoms with Gasteiger partial charge in [-0.05, 0) is 45.8 Å². The van der Waals surface area contributed by atoms with Crippen molar-refractivity contribution in [1.82, 2.24) is 9.88 Å². The lowest BCUT2D eigenvalue weighted by Crippen LogP contribution is -2.34. The zero-order valence-corrected chi connectivity index (χ0v) is 10.2. The highest BCUT2D eigenvalue weighted by Crippen LogP contribution is 2.13. The fourth-order valence-corrected chi connectivity index (χ4v) is 2.42. The van der Waals surface area contributed by atoms with Gasteiger partial charge in [0.15, 0.2) is 5.78 Å². The highest BCUT2D eigenvalue weighted by atomic mass is 16.1. The number of nitrogens with one attached hydrogen (secondary N) is 1. The average Bonchev–Trinajstić information content (AvgIpc) is 2.59. The number of hydrogen-bond acceptors (Lipinski definition) is 2. The lowest BCUT2D eigenvalue weighted by molar-refractivity contribution is 0.0915. The van der Waals surface area contributed by atoms with Crippen molar-refractivity contribution in [3.05, 3.63) is 23.0 Å². The van der Waals surface area contributed by atoms with Gasteiger partial charge in [-0.15, -0.1) is 0 Å². The molecule has 16 heavy (non-hydrogen) atoms. The van der Waals surface area contributed by atoms with Gasteiger partial charge in [0.25, 0.3) is 0 Å². The Morgan fingerprint density at radius 3 is 2.56 bits per heavy atom. The topological polar surface area (TPSA) is 36.1 Å². The van der Waals surface area contributed by atoms with Gasteiger partial charge in [-0.2, -0.15) is 0 Å². The zero-order valence-electron chi connectivity index (χ0n) is 10.2. The van der Waals surface area contributed by atoms with E-state index in [1.807, 2.05) is 19.9 Å². The van der Waals surface area contributed by atoms with Gasteiger partial charge in [-0.1, -0.05) is 6.42 Å². The van der Waals surface area contributed by atoms with Gasteiger partial charge in [0.05, 0.1) is 6.54 Å². The Bertz CT molecular complexity index is 375. The standard InChI is InChI=1S/C13H20N2O/c1-10-8-12(11(2)14-10)13(16)9-15-6-4-3-5-7-15/h8,14H,3-7,9H2,1-2H3. The molecule has 3 heteroatoms. The van der Waals surface area contributed by atoms with Gasteiger partial charge in [0.1, 0.15) is 0 Å². The summed E-state index contributed by atoms with van der Waals surface area (Å²) in [6.07, 6.45) is 3.78. The number of rotatable bonds is 3. The maximum Gasteiger partial charge on any atom is 0.178 e. The minimum Gasteiger partial charge on any atom is -0.362 e. The van der Waals surface area contributed by atoms with Crippen LogP contribution in [0, 0.1) is 13.8 Å². The number of nitrogens with zero attached hydrogens (tertiary/aromatic N) is 1. The van der Waals surface area contributed by atoms with E-state index in [0.717, 1.165) is 30.0 Å². The van der Waals surface area contributed by atoms with E-state index in [2.05, 4.69) is 9.88 Å². The summed E-state index contributed by atoms with van der Waals surface area (Å²) < 4.78 is 0. The SMILES string of the molecule is Cc1cc(C(=O)CN2CCCCC2)c(C)[nH]1. The smallest absolute Gasteiger partial charge is 0.178 e. The monoisotopic (exact) mass is 220 g/mol. The first-order chi connectivity index (χ1) is 7.66. The highest BCUT2D eigenvalue weighted by Gasteiger charge is 2.17. The molecule has 88 valence electrons. The van der Waals surface area contributed by atoms with E-state index in [9.17, 15) is 4.79 Å². The number of hydrogen-bond donors (Lipinski definition) is 1. The van der Waals surface area contributed by atoms with Crippen LogP contribution >= 0.6 is 0 Å². The average molecular weight is 220 g/mol.